The van der Waals surface area contributed by atoms with Crippen molar-refractivity contribution in [3.63, 3.8) is 0 Å². The van der Waals surface area contributed by atoms with Gasteiger partial charge in [0.2, 0.25) is 0 Å². The molecule has 0 radical (unpaired) electrons. The highest BCUT2D eigenvalue weighted by Crippen LogP contribution is 2.44. The summed E-state index contributed by atoms with van der Waals surface area (Å²) in [6.45, 7) is 12.7. The van der Waals surface area contributed by atoms with E-state index in [1.54, 1.807) is 4.88 Å². The largest absolute Gasteiger partial charge is 0.490 e. The van der Waals surface area contributed by atoms with Crippen LogP contribution in [-0.4, -0.2) is 90.7 Å². The lowest BCUT2D eigenvalue weighted by Gasteiger charge is -2.30. The molecule has 2 N–H and O–H groups in total. The minimum absolute atomic E-state index is 0.469. The number of rotatable bonds is 5. The van der Waals surface area contributed by atoms with Crippen molar-refractivity contribution in [2.24, 2.45) is 11.3 Å². The van der Waals surface area contributed by atoms with Gasteiger partial charge in [-0.25, -0.2) is 9.59 Å². The number of nitrogens with zero attached hydrogens (tertiary/aromatic N) is 2. The molecule has 0 amide bonds. The first-order valence-corrected chi connectivity index (χ1v) is 11.5. The SMILES string of the molecule is CCN1C[C@H](COC)[C@]2(CCN(Cc3sccc3C)C2)C1.O=C(O)C(F)(F)F.O=C(O)C(F)(F)F. The molecule has 3 rings (SSSR count). The van der Waals surface area contributed by atoms with Crippen LogP contribution in [0, 0.1) is 18.3 Å². The van der Waals surface area contributed by atoms with Crippen LogP contribution < -0.4 is 0 Å². The van der Waals surface area contributed by atoms with Crippen molar-refractivity contribution in [1.82, 2.24) is 9.80 Å². The van der Waals surface area contributed by atoms with Crippen LogP contribution in [0.3, 0.4) is 0 Å². The maximum atomic E-state index is 10.6. The van der Waals surface area contributed by atoms with Crippen LogP contribution in [0.1, 0.15) is 23.8 Å². The number of carboxylic acids is 2. The fourth-order valence-electron chi connectivity index (χ4n) is 4.17. The summed E-state index contributed by atoms with van der Waals surface area (Å²) >= 11 is 1.91. The van der Waals surface area contributed by atoms with E-state index < -0.39 is 24.3 Å². The van der Waals surface area contributed by atoms with Crippen LogP contribution in [0.4, 0.5) is 26.3 Å². The number of hydrogen-bond acceptors (Lipinski definition) is 6. The first-order valence-electron chi connectivity index (χ1n) is 10.6. The molecule has 202 valence electrons. The van der Waals surface area contributed by atoms with Crippen LogP contribution in [0.2, 0.25) is 0 Å². The zero-order valence-corrected chi connectivity index (χ0v) is 20.4. The van der Waals surface area contributed by atoms with E-state index in [1.807, 2.05) is 18.4 Å². The molecule has 35 heavy (non-hydrogen) atoms. The van der Waals surface area contributed by atoms with Gasteiger partial charge in [0.25, 0.3) is 0 Å². The summed E-state index contributed by atoms with van der Waals surface area (Å²) < 4.78 is 69.0. The zero-order valence-electron chi connectivity index (χ0n) is 19.6. The Morgan fingerprint density at radius 1 is 1.11 bits per heavy atom. The predicted molar refractivity (Wildman–Crippen MR) is 116 cm³/mol. The smallest absolute Gasteiger partial charge is 0.475 e. The molecular formula is C21H30F6N2O5S. The lowest BCUT2D eigenvalue weighted by Crippen LogP contribution is -2.36. The average molecular weight is 537 g/mol. The third kappa shape index (κ3) is 9.58. The van der Waals surface area contributed by atoms with Crippen molar-refractivity contribution in [1.29, 1.82) is 0 Å². The minimum Gasteiger partial charge on any atom is -0.475 e. The fraction of sp³-hybridized carbons (Fsp3) is 0.714. The minimum atomic E-state index is -5.08. The molecule has 2 saturated heterocycles. The molecule has 0 unspecified atom stereocenters. The quantitative estimate of drug-likeness (QED) is 0.548. The molecule has 0 aliphatic carbocycles. The molecule has 1 aromatic rings. The second kappa shape index (κ2) is 12.9. The summed E-state index contributed by atoms with van der Waals surface area (Å²) in [6, 6.07) is 2.24. The van der Waals surface area contributed by atoms with E-state index in [9.17, 15) is 26.3 Å². The second-order valence-electron chi connectivity index (χ2n) is 8.44. The van der Waals surface area contributed by atoms with Gasteiger partial charge in [-0.15, -0.1) is 11.3 Å². The van der Waals surface area contributed by atoms with Crippen LogP contribution in [0.15, 0.2) is 11.4 Å². The van der Waals surface area contributed by atoms with Gasteiger partial charge in [-0.3, -0.25) is 4.90 Å². The molecule has 0 aromatic carbocycles. The van der Waals surface area contributed by atoms with Gasteiger partial charge >= 0.3 is 24.3 Å². The summed E-state index contributed by atoms with van der Waals surface area (Å²) in [6.07, 6.45) is -8.83. The Morgan fingerprint density at radius 3 is 2.03 bits per heavy atom. The van der Waals surface area contributed by atoms with Gasteiger partial charge in [0, 0.05) is 49.5 Å². The molecule has 14 heteroatoms. The van der Waals surface area contributed by atoms with Gasteiger partial charge in [0.05, 0.1) is 6.61 Å². The number of aryl methyl sites for hydroxylation is 1. The molecular weight excluding hydrogens is 506 g/mol. The Balaban J connectivity index is 0.000000362. The Bertz CT molecular complexity index is 808. The van der Waals surface area contributed by atoms with E-state index in [1.165, 1.54) is 44.7 Å². The summed E-state index contributed by atoms with van der Waals surface area (Å²) in [5.74, 6) is -4.81. The van der Waals surface area contributed by atoms with Crippen LogP contribution >= 0.6 is 11.3 Å². The van der Waals surface area contributed by atoms with Gasteiger partial charge in [0.15, 0.2) is 0 Å². The lowest BCUT2D eigenvalue weighted by atomic mass is 9.78. The first-order chi connectivity index (χ1) is 16.1. The second-order valence-corrected chi connectivity index (χ2v) is 9.44. The molecule has 1 spiro atoms. The number of methoxy groups -OCH3 is 1. The third-order valence-corrected chi connectivity index (χ3v) is 6.99. The highest BCUT2D eigenvalue weighted by atomic mass is 32.1. The number of thiophene rings is 1. The number of likely N-dealkylation sites (tertiary alicyclic amines) is 2. The van der Waals surface area contributed by atoms with E-state index in [-0.39, 0.29) is 0 Å². The molecule has 7 nitrogen and oxygen atoms in total. The number of ether oxygens (including phenoxy) is 1. The average Bonchev–Trinajstić information content (AvgIpc) is 3.43. The predicted octanol–water partition coefficient (Wildman–Crippen LogP) is 4.11. The van der Waals surface area contributed by atoms with E-state index in [0.717, 1.165) is 13.2 Å². The summed E-state index contributed by atoms with van der Waals surface area (Å²) in [5, 5.41) is 16.5. The standard InChI is InChI=1S/C17H28N2OS.2C2HF3O2/c1-4-18-9-15(11-20-3)17(12-18)6-7-19(13-17)10-16-14(2)5-8-21-16;2*3-2(4,5)1(6)7/h5,8,15H,4,6-7,9-13H2,1-3H3;2*(H,6,7)/t15-,17-;;/m1../s1. The molecule has 2 aliphatic rings. The molecule has 2 fully saturated rings. The van der Waals surface area contributed by atoms with Crippen molar-refractivity contribution in [3.05, 3.63) is 21.9 Å². The molecule has 2 atom stereocenters. The Morgan fingerprint density at radius 2 is 1.63 bits per heavy atom. The number of halogens is 6. The monoisotopic (exact) mass is 536 g/mol. The topological polar surface area (TPSA) is 90.3 Å². The van der Waals surface area contributed by atoms with Crippen LogP contribution in [0.5, 0.6) is 0 Å². The summed E-state index contributed by atoms with van der Waals surface area (Å²) in [4.78, 5) is 24.6. The van der Waals surface area contributed by atoms with Crippen molar-refractivity contribution in [2.75, 3.05) is 46.4 Å². The first kappa shape index (κ1) is 31.1. The zero-order chi connectivity index (χ0) is 27.0. The van der Waals surface area contributed by atoms with E-state index in [0.29, 0.717) is 11.3 Å². The lowest BCUT2D eigenvalue weighted by molar-refractivity contribution is -0.193. The van der Waals surface area contributed by atoms with Gasteiger partial charge in [-0.05, 0) is 43.4 Å². The third-order valence-electron chi connectivity index (χ3n) is 5.98. The van der Waals surface area contributed by atoms with Crippen molar-refractivity contribution < 1.29 is 50.9 Å². The number of alkyl halides is 6. The molecule has 2 aliphatic heterocycles. The number of aliphatic carboxylic acids is 2. The maximum absolute atomic E-state index is 10.6. The Kier molecular flexibility index (Phi) is 11.5. The Hall–Kier alpha value is -1.90. The molecule has 0 saturated carbocycles. The van der Waals surface area contributed by atoms with Crippen molar-refractivity contribution >= 4 is 23.3 Å². The number of hydrogen-bond donors (Lipinski definition) is 2. The number of carboxylic acid groups (broad SMARTS) is 2. The fourth-order valence-corrected chi connectivity index (χ4v) is 5.11. The molecule has 3 heterocycles. The molecule has 1 aromatic heterocycles. The van der Waals surface area contributed by atoms with Crippen LogP contribution in [0.25, 0.3) is 0 Å². The highest BCUT2D eigenvalue weighted by Gasteiger charge is 2.49. The van der Waals surface area contributed by atoms with Gasteiger partial charge < -0.3 is 19.8 Å². The summed E-state index contributed by atoms with van der Waals surface area (Å²) in [7, 11) is 1.85. The van der Waals surface area contributed by atoms with Gasteiger partial charge in [-0.2, -0.15) is 26.3 Å². The van der Waals surface area contributed by atoms with E-state index in [4.69, 9.17) is 24.5 Å². The van der Waals surface area contributed by atoms with Crippen LogP contribution in [-0.2, 0) is 20.9 Å². The van der Waals surface area contributed by atoms with Crippen molar-refractivity contribution in [3.8, 4) is 0 Å². The van der Waals surface area contributed by atoms with Gasteiger partial charge in [0.1, 0.15) is 0 Å². The molecule has 0 bridgehead atoms. The van der Waals surface area contributed by atoms with Gasteiger partial charge in [-0.1, -0.05) is 6.92 Å². The summed E-state index contributed by atoms with van der Waals surface area (Å²) in [5.41, 5.74) is 1.92. The van der Waals surface area contributed by atoms with E-state index in [2.05, 4.69) is 35.1 Å². The number of carbonyl (C=O) groups is 2. The highest BCUT2D eigenvalue weighted by molar-refractivity contribution is 7.10. The Labute approximate surface area is 203 Å². The van der Waals surface area contributed by atoms with Crippen molar-refractivity contribution in [2.45, 2.75) is 39.2 Å². The van der Waals surface area contributed by atoms with E-state index >= 15 is 0 Å². The maximum Gasteiger partial charge on any atom is 0.490 e. The normalized spacial score (nSPS) is 22.9.